The molecule has 84 valence electrons. The molecule has 1 aromatic rings. The number of aromatic nitrogens is 2. The molecule has 0 aromatic carbocycles. The number of ether oxygens (including phenoxy) is 1. The molecule has 0 spiro atoms. The highest BCUT2D eigenvalue weighted by Crippen LogP contribution is 2.14. The van der Waals surface area contributed by atoms with Gasteiger partial charge in [-0.15, -0.1) is 0 Å². The van der Waals surface area contributed by atoms with Gasteiger partial charge < -0.3 is 9.30 Å². The molecule has 4 heteroatoms. The van der Waals surface area contributed by atoms with Crippen LogP contribution >= 0.6 is 0 Å². The second-order valence-electron chi connectivity index (χ2n) is 4.26. The first kappa shape index (κ1) is 11.8. The molecule has 0 saturated carbocycles. The maximum absolute atomic E-state index is 11.6. The van der Waals surface area contributed by atoms with Gasteiger partial charge in [0.2, 0.25) is 0 Å². The molecule has 1 heterocycles. The fraction of sp³-hybridized carbons (Fsp3) is 0.636. The summed E-state index contributed by atoms with van der Waals surface area (Å²) in [5.41, 5.74) is 0.488. The van der Waals surface area contributed by atoms with Gasteiger partial charge in [0.15, 0.2) is 0 Å². The summed E-state index contributed by atoms with van der Waals surface area (Å²) in [4.78, 5) is 15.5. The van der Waals surface area contributed by atoms with E-state index in [1.54, 1.807) is 12.5 Å². The van der Waals surface area contributed by atoms with Crippen LogP contribution in [-0.2, 0) is 23.0 Å². The van der Waals surface area contributed by atoms with Crippen molar-refractivity contribution in [2.45, 2.75) is 39.2 Å². The van der Waals surface area contributed by atoms with Gasteiger partial charge >= 0.3 is 5.97 Å². The summed E-state index contributed by atoms with van der Waals surface area (Å²) in [5, 5.41) is 0. The van der Waals surface area contributed by atoms with Crippen LogP contribution in [0.25, 0.3) is 0 Å². The van der Waals surface area contributed by atoms with E-state index in [0.29, 0.717) is 0 Å². The zero-order valence-electron chi connectivity index (χ0n) is 9.78. The van der Waals surface area contributed by atoms with Crippen LogP contribution in [0, 0.1) is 0 Å². The Morgan fingerprint density at radius 3 is 2.73 bits per heavy atom. The van der Waals surface area contributed by atoms with E-state index in [0.717, 1.165) is 12.1 Å². The van der Waals surface area contributed by atoms with Gasteiger partial charge in [0.05, 0.1) is 12.7 Å². The number of rotatable bonds is 4. The van der Waals surface area contributed by atoms with Gasteiger partial charge in [0, 0.05) is 18.9 Å². The minimum Gasteiger partial charge on any atom is -0.459 e. The molecule has 0 aliphatic carbocycles. The smallest absolute Gasteiger partial charge is 0.312 e. The molecule has 0 aliphatic rings. The zero-order chi connectivity index (χ0) is 11.5. The number of hydrogen-bond acceptors (Lipinski definition) is 3. The third-order valence-corrected chi connectivity index (χ3v) is 2.48. The summed E-state index contributed by atoms with van der Waals surface area (Å²) < 4.78 is 7.15. The van der Waals surface area contributed by atoms with Gasteiger partial charge in [-0.25, -0.2) is 4.98 Å². The topological polar surface area (TPSA) is 44.1 Å². The average Bonchev–Trinajstić information content (AvgIpc) is 2.51. The number of hydrogen-bond donors (Lipinski definition) is 0. The van der Waals surface area contributed by atoms with Crippen molar-refractivity contribution < 1.29 is 9.53 Å². The molecule has 0 amide bonds. The maximum Gasteiger partial charge on any atom is 0.312 e. The maximum atomic E-state index is 11.6. The molecule has 0 radical (unpaired) electrons. The van der Waals surface area contributed by atoms with Gasteiger partial charge in [-0.3, -0.25) is 4.79 Å². The van der Waals surface area contributed by atoms with Crippen molar-refractivity contribution in [3.05, 3.63) is 18.2 Å². The molecule has 0 N–H and O–H groups in total. The van der Waals surface area contributed by atoms with Crippen molar-refractivity contribution in [3.8, 4) is 0 Å². The van der Waals surface area contributed by atoms with Gasteiger partial charge in [-0.1, -0.05) is 6.92 Å². The molecule has 0 fully saturated rings. The highest BCUT2D eigenvalue weighted by Gasteiger charge is 2.20. The van der Waals surface area contributed by atoms with Crippen molar-refractivity contribution in [1.82, 2.24) is 9.55 Å². The molecule has 15 heavy (non-hydrogen) atoms. The predicted molar refractivity (Wildman–Crippen MR) is 57.4 cm³/mol. The van der Waals surface area contributed by atoms with E-state index in [9.17, 15) is 4.79 Å². The van der Waals surface area contributed by atoms with Crippen LogP contribution in [0.5, 0.6) is 0 Å². The monoisotopic (exact) mass is 210 g/mol. The fourth-order valence-corrected chi connectivity index (χ4v) is 1.12. The van der Waals surface area contributed by atoms with Crippen LogP contribution in [0.2, 0.25) is 0 Å². The molecule has 4 nitrogen and oxygen atoms in total. The first-order chi connectivity index (χ1) is 6.94. The van der Waals surface area contributed by atoms with Crippen LogP contribution in [0.1, 0.15) is 32.9 Å². The van der Waals surface area contributed by atoms with Crippen LogP contribution in [0.3, 0.4) is 0 Å². The summed E-state index contributed by atoms with van der Waals surface area (Å²) in [6.07, 6.45) is 4.44. The fourth-order valence-electron chi connectivity index (χ4n) is 1.12. The van der Waals surface area contributed by atoms with Crippen LogP contribution in [0.4, 0.5) is 0 Å². The molecule has 0 aliphatic heterocycles. The summed E-state index contributed by atoms with van der Waals surface area (Å²) in [6, 6.07) is 0. The lowest BCUT2D eigenvalue weighted by atomic mass is 10.1. The Hall–Kier alpha value is -1.32. The third-order valence-electron chi connectivity index (χ3n) is 2.48. The van der Waals surface area contributed by atoms with Gasteiger partial charge in [-0.2, -0.15) is 0 Å². The Morgan fingerprint density at radius 2 is 2.27 bits per heavy atom. The lowest BCUT2D eigenvalue weighted by molar-refractivity contribution is -0.155. The van der Waals surface area contributed by atoms with Gasteiger partial charge in [0.25, 0.3) is 0 Å². The molecular formula is C11H18N2O2. The average molecular weight is 210 g/mol. The number of carbonyl (C=O) groups is 1. The largest absolute Gasteiger partial charge is 0.459 e. The normalized spacial score (nSPS) is 11.5. The van der Waals surface area contributed by atoms with Crippen molar-refractivity contribution in [1.29, 1.82) is 0 Å². The molecule has 1 rings (SSSR count). The Bertz CT molecular complexity index is 342. The van der Waals surface area contributed by atoms with Crippen LogP contribution < -0.4 is 0 Å². The Kier molecular flexibility index (Phi) is 3.50. The van der Waals surface area contributed by atoms with E-state index >= 15 is 0 Å². The van der Waals surface area contributed by atoms with E-state index in [-0.39, 0.29) is 18.0 Å². The summed E-state index contributed by atoms with van der Waals surface area (Å²) in [6.45, 7) is 5.82. The highest BCUT2D eigenvalue weighted by atomic mass is 16.6. The SMILES string of the molecule is CCC(C)(C)OC(=O)Cc1cncn1C. The van der Waals surface area contributed by atoms with Gasteiger partial charge in [0.1, 0.15) is 5.60 Å². The minimum atomic E-state index is -0.379. The Morgan fingerprint density at radius 1 is 1.60 bits per heavy atom. The third kappa shape index (κ3) is 3.38. The Balaban J connectivity index is 2.54. The van der Waals surface area contributed by atoms with E-state index in [2.05, 4.69) is 4.98 Å². The quantitative estimate of drug-likeness (QED) is 0.710. The first-order valence-electron chi connectivity index (χ1n) is 5.11. The number of carbonyl (C=O) groups excluding carboxylic acids is 1. The molecule has 0 atom stereocenters. The molecule has 0 saturated heterocycles. The van der Waals surface area contributed by atoms with Crippen molar-refractivity contribution in [3.63, 3.8) is 0 Å². The highest BCUT2D eigenvalue weighted by molar-refractivity contribution is 5.72. The number of esters is 1. The Labute approximate surface area is 90.3 Å². The summed E-state index contributed by atoms with van der Waals surface area (Å²) in [5.74, 6) is -0.203. The van der Waals surface area contributed by atoms with Crippen molar-refractivity contribution >= 4 is 5.97 Å². The molecule has 0 bridgehead atoms. The minimum absolute atomic E-state index is 0.203. The first-order valence-corrected chi connectivity index (χ1v) is 5.11. The second kappa shape index (κ2) is 4.47. The van der Waals surface area contributed by atoms with E-state index in [4.69, 9.17) is 4.74 Å². The van der Waals surface area contributed by atoms with Crippen LogP contribution in [-0.4, -0.2) is 21.1 Å². The molecule has 0 unspecified atom stereocenters. The van der Waals surface area contributed by atoms with Gasteiger partial charge in [-0.05, 0) is 20.3 Å². The lowest BCUT2D eigenvalue weighted by Gasteiger charge is -2.23. The number of nitrogens with zero attached hydrogens (tertiary/aromatic N) is 2. The molecular weight excluding hydrogens is 192 g/mol. The summed E-state index contributed by atoms with van der Waals surface area (Å²) >= 11 is 0. The van der Waals surface area contributed by atoms with Crippen molar-refractivity contribution in [2.24, 2.45) is 7.05 Å². The standard InChI is InChI=1S/C11H18N2O2/c1-5-11(2,3)15-10(14)6-9-7-12-8-13(9)4/h7-8H,5-6H2,1-4H3. The summed E-state index contributed by atoms with van der Waals surface area (Å²) in [7, 11) is 1.86. The van der Waals surface area contributed by atoms with E-state index in [1.165, 1.54) is 0 Å². The van der Waals surface area contributed by atoms with E-state index < -0.39 is 0 Å². The number of aryl methyl sites for hydroxylation is 1. The van der Waals surface area contributed by atoms with Crippen LogP contribution in [0.15, 0.2) is 12.5 Å². The second-order valence-corrected chi connectivity index (χ2v) is 4.26. The lowest BCUT2D eigenvalue weighted by Crippen LogP contribution is -2.28. The molecule has 1 aromatic heterocycles. The zero-order valence-corrected chi connectivity index (χ0v) is 9.78. The van der Waals surface area contributed by atoms with Crippen molar-refractivity contribution in [2.75, 3.05) is 0 Å². The van der Waals surface area contributed by atoms with E-state index in [1.807, 2.05) is 32.4 Å². The number of imidazole rings is 1. The predicted octanol–water partition coefficient (Wildman–Crippen LogP) is 1.69.